The summed E-state index contributed by atoms with van der Waals surface area (Å²) >= 11 is 1.73. The van der Waals surface area contributed by atoms with E-state index in [1.165, 1.54) is 5.56 Å². The molecule has 80 valence electrons. The van der Waals surface area contributed by atoms with E-state index in [0.29, 0.717) is 5.75 Å². The van der Waals surface area contributed by atoms with Gasteiger partial charge in [0.2, 0.25) is 5.91 Å². The van der Waals surface area contributed by atoms with Crippen LogP contribution in [0.1, 0.15) is 24.3 Å². The molecule has 1 aliphatic heterocycles. The first-order chi connectivity index (χ1) is 7.33. The fourth-order valence-corrected chi connectivity index (χ4v) is 3.05. The highest BCUT2D eigenvalue weighted by atomic mass is 32.2. The van der Waals surface area contributed by atoms with Crippen molar-refractivity contribution in [2.24, 2.45) is 0 Å². The Morgan fingerprint density at radius 2 is 2.13 bits per heavy atom. The van der Waals surface area contributed by atoms with Gasteiger partial charge in [-0.15, -0.1) is 11.8 Å². The lowest BCUT2D eigenvalue weighted by Gasteiger charge is -2.23. The number of hydrogen-bond acceptors (Lipinski definition) is 2. The molecule has 0 N–H and O–H groups in total. The van der Waals surface area contributed by atoms with Crippen LogP contribution >= 0.6 is 11.8 Å². The number of rotatable bonds is 3. The number of thioether (sulfide) groups is 1. The van der Waals surface area contributed by atoms with Crippen molar-refractivity contribution >= 4 is 17.7 Å². The molecule has 1 aromatic rings. The van der Waals surface area contributed by atoms with Gasteiger partial charge in [0.15, 0.2) is 0 Å². The molecule has 0 spiro atoms. The van der Waals surface area contributed by atoms with Crippen molar-refractivity contribution in [2.75, 3.05) is 12.3 Å². The first-order valence-electron chi connectivity index (χ1n) is 5.29. The average molecular weight is 221 g/mol. The first kappa shape index (κ1) is 10.6. The first-order valence-corrected chi connectivity index (χ1v) is 6.34. The zero-order chi connectivity index (χ0) is 10.7. The summed E-state index contributed by atoms with van der Waals surface area (Å²) in [5, 5.41) is 0.235. The topological polar surface area (TPSA) is 20.3 Å². The monoisotopic (exact) mass is 221 g/mol. The third-order valence-electron chi connectivity index (χ3n) is 2.52. The van der Waals surface area contributed by atoms with Crippen molar-refractivity contribution in [3.63, 3.8) is 0 Å². The van der Waals surface area contributed by atoms with E-state index >= 15 is 0 Å². The smallest absolute Gasteiger partial charge is 0.233 e. The molecule has 2 rings (SSSR count). The molecule has 2 nitrogen and oxygen atoms in total. The van der Waals surface area contributed by atoms with Crippen LogP contribution in [-0.4, -0.2) is 23.1 Å². The Morgan fingerprint density at radius 1 is 1.40 bits per heavy atom. The van der Waals surface area contributed by atoms with Crippen LogP contribution in [0.2, 0.25) is 0 Å². The second-order valence-corrected chi connectivity index (χ2v) is 4.73. The number of carbonyl (C=O) groups excluding carboxylic acids is 1. The molecular formula is C12H15NOS. The van der Waals surface area contributed by atoms with E-state index in [1.807, 2.05) is 23.1 Å². The number of hydrogen-bond donors (Lipinski definition) is 0. The lowest BCUT2D eigenvalue weighted by atomic mass is 10.2. The standard InChI is InChI=1S/C12H15NOS/c1-2-8-13-11(14)9-15-12(13)10-6-4-3-5-7-10/h3-7,12H,2,8-9H2,1H3. The molecular weight excluding hydrogens is 206 g/mol. The van der Waals surface area contributed by atoms with Gasteiger partial charge >= 0.3 is 0 Å². The van der Waals surface area contributed by atoms with Gasteiger partial charge in [0.05, 0.1) is 5.75 Å². The second-order valence-electron chi connectivity index (χ2n) is 3.66. The summed E-state index contributed by atoms with van der Waals surface area (Å²) in [6.45, 7) is 2.98. The second kappa shape index (κ2) is 4.71. The van der Waals surface area contributed by atoms with E-state index in [-0.39, 0.29) is 11.3 Å². The van der Waals surface area contributed by atoms with E-state index in [9.17, 15) is 4.79 Å². The molecule has 0 bridgehead atoms. The van der Waals surface area contributed by atoms with Gasteiger partial charge in [-0.05, 0) is 12.0 Å². The fraction of sp³-hybridized carbons (Fsp3) is 0.417. The predicted molar refractivity (Wildman–Crippen MR) is 63.6 cm³/mol. The zero-order valence-corrected chi connectivity index (χ0v) is 9.67. The van der Waals surface area contributed by atoms with E-state index in [4.69, 9.17) is 0 Å². The molecule has 1 saturated heterocycles. The minimum absolute atomic E-state index is 0.235. The highest BCUT2D eigenvalue weighted by molar-refractivity contribution is 8.00. The molecule has 1 aliphatic rings. The molecule has 0 radical (unpaired) electrons. The molecule has 3 heteroatoms. The van der Waals surface area contributed by atoms with Crippen LogP contribution < -0.4 is 0 Å². The van der Waals surface area contributed by atoms with Gasteiger partial charge in [0.1, 0.15) is 5.37 Å². The zero-order valence-electron chi connectivity index (χ0n) is 8.85. The van der Waals surface area contributed by atoms with Crippen LogP contribution in [-0.2, 0) is 4.79 Å². The fourth-order valence-electron chi connectivity index (χ4n) is 1.83. The molecule has 1 heterocycles. The molecule has 1 unspecified atom stereocenters. The van der Waals surface area contributed by atoms with Gasteiger partial charge in [-0.3, -0.25) is 4.79 Å². The Kier molecular flexibility index (Phi) is 3.31. The summed E-state index contributed by atoms with van der Waals surface area (Å²) in [5.74, 6) is 0.898. The third kappa shape index (κ3) is 2.17. The predicted octanol–water partition coefficient (Wildman–Crippen LogP) is 2.67. The molecule has 1 fully saturated rings. The van der Waals surface area contributed by atoms with E-state index < -0.39 is 0 Å². The summed E-state index contributed by atoms with van der Waals surface area (Å²) in [5.41, 5.74) is 1.24. The summed E-state index contributed by atoms with van der Waals surface area (Å²) in [6, 6.07) is 10.3. The Balaban J connectivity index is 2.18. The third-order valence-corrected chi connectivity index (χ3v) is 3.77. The maximum atomic E-state index is 11.7. The minimum atomic E-state index is 0.235. The molecule has 0 saturated carbocycles. The summed E-state index contributed by atoms with van der Waals surface area (Å²) in [7, 11) is 0. The van der Waals surface area contributed by atoms with Crippen LogP contribution in [0, 0.1) is 0 Å². The molecule has 1 amide bonds. The van der Waals surface area contributed by atoms with Gasteiger partial charge in [0, 0.05) is 6.54 Å². The van der Waals surface area contributed by atoms with Gasteiger partial charge < -0.3 is 4.90 Å². The molecule has 1 aromatic carbocycles. The normalized spacial score (nSPS) is 21.0. The number of benzene rings is 1. The Labute approximate surface area is 94.7 Å². The van der Waals surface area contributed by atoms with Crippen molar-refractivity contribution in [3.05, 3.63) is 35.9 Å². The molecule has 0 aromatic heterocycles. The molecule has 0 aliphatic carbocycles. The van der Waals surface area contributed by atoms with Gasteiger partial charge in [-0.1, -0.05) is 37.3 Å². The Morgan fingerprint density at radius 3 is 2.80 bits per heavy atom. The van der Waals surface area contributed by atoms with Gasteiger partial charge in [0.25, 0.3) is 0 Å². The summed E-state index contributed by atoms with van der Waals surface area (Å²) in [6.07, 6.45) is 1.02. The highest BCUT2D eigenvalue weighted by Gasteiger charge is 2.31. The van der Waals surface area contributed by atoms with Crippen LogP contribution in [0.4, 0.5) is 0 Å². The largest absolute Gasteiger partial charge is 0.326 e. The Hall–Kier alpha value is -0.960. The average Bonchev–Trinajstić information content (AvgIpc) is 2.63. The number of carbonyl (C=O) groups is 1. The van der Waals surface area contributed by atoms with Crippen molar-refractivity contribution in [3.8, 4) is 0 Å². The lowest BCUT2D eigenvalue weighted by Crippen LogP contribution is -2.28. The van der Waals surface area contributed by atoms with E-state index in [2.05, 4.69) is 19.1 Å². The maximum Gasteiger partial charge on any atom is 0.233 e. The number of nitrogens with zero attached hydrogens (tertiary/aromatic N) is 1. The van der Waals surface area contributed by atoms with Gasteiger partial charge in [-0.25, -0.2) is 0 Å². The summed E-state index contributed by atoms with van der Waals surface area (Å²) in [4.78, 5) is 13.6. The van der Waals surface area contributed by atoms with E-state index in [0.717, 1.165) is 13.0 Å². The lowest BCUT2D eigenvalue weighted by molar-refractivity contribution is -0.128. The highest BCUT2D eigenvalue weighted by Crippen LogP contribution is 2.38. The molecule has 15 heavy (non-hydrogen) atoms. The van der Waals surface area contributed by atoms with Crippen LogP contribution in [0.5, 0.6) is 0 Å². The van der Waals surface area contributed by atoms with Crippen molar-refractivity contribution in [2.45, 2.75) is 18.7 Å². The van der Waals surface area contributed by atoms with Crippen molar-refractivity contribution in [1.29, 1.82) is 0 Å². The van der Waals surface area contributed by atoms with Crippen LogP contribution in [0.3, 0.4) is 0 Å². The van der Waals surface area contributed by atoms with Crippen molar-refractivity contribution < 1.29 is 4.79 Å². The minimum Gasteiger partial charge on any atom is -0.326 e. The quantitative estimate of drug-likeness (QED) is 0.782. The maximum absolute atomic E-state index is 11.7. The van der Waals surface area contributed by atoms with E-state index in [1.54, 1.807) is 11.8 Å². The SMILES string of the molecule is CCCN1C(=O)CSC1c1ccccc1. The van der Waals surface area contributed by atoms with Crippen molar-refractivity contribution in [1.82, 2.24) is 4.90 Å². The Bertz CT molecular complexity index is 339. The molecule has 1 atom stereocenters. The van der Waals surface area contributed by atoms with Crippen LogP contribution in [0.25, 0.3) is 0 Å². The van der Waals surface area contributed by atoms with Crippen LogP contribution in [0.15, 0.2) is 30.3 Å². The number of amides is 1. The summed E-state index contributed by atoms with van der Waals surface area (Å²) < 4.78 is 0. The van der Waals surface area contributed by atoms with Gasteiger partial charge in [-0.2, -0.15) is 0 Å².